The van der Waals surface area contributed by atoms with Crippen LogP contribution < -0.4 is 10.1 Å². The number of amides is 2. The zero-order valence-corrected chi connectivity index (χ0v) is 13.2. The van der Waals surface area contributed by atoms with E-state index in [-0.39, 0.29) is 6.03 Å². The van der Waals surface area contributed by atoms with Gasteiger partial charge in [0.05, 0.1) is 13.2 Å². The third-order valence-corrected chi connectivity index (χ3v) is 3.26. The van der Waals surface area contributed by atoms with Crippen LogP contribution in [0.15, 0.2) is 18.3 Å². The number of hydrogen-bond donors (Lipinski definition) is 1. The maximum atomic E-state index is 11.9. The van der Waals surface area contributed by atoms with Crippen molar-refractivity contribution in [1.82, 2.24) is 20.3 Å². The fourth-order valence-electron chi connectivity index (χ4n) is 1.99. The molecule has 1 aliphatic heterocycles. The molecule has 0 spiro atoms. The van der Waals surface area contributed by atoms with E-state index in [4.69, 9.17) is 9.57 Å². The minimum absolute atomic E-state index is 0.202. The van der Waals surface area contributed by atoms with Crippen LogP contribution in [-0.2, 0) is 11.4 Å². The Morgan fingerprint density at radius 1 is 1.50 bits per heavy atom. The Morgan fingerprint density at radius 2 is 2.36 bits per heavy atom. The minimum Gasteiger partial charge on any atom is -0.476 e. The second-order valence-electron chi connectivity index (χ2n) is 5.46. The molecule has 1 aromatic rings. The number of nitrogens with one attached hydrogen (secondary N) is 1. The quantitative estimate of drug-likeness (QED) is 0.857. The van der Waals surface area contributed by atoms with Gasteiger partial charge in [-0.1, -0.05) is 0 Å². The molecule has 0 aromatic carbocycles. The van der Waals surface area contributed by atoms with Gasteiger partial charge in [0.25, 0.3) is 0 Å². The third-order valence-electron chi connectivity index (χ3n) is 3.26. The summed E-state index contributed by atoms with van der Waals surface area (Å²) in [6.07, 6.45) is 3.66. The second-order valence-corrected chi connectivity index (χ2v) is 5.46. The zero-order valence-electron chi connectivity index (χ0n) is 13.2. The highest BCUT2D eigenvalue weighted by atomic mass is 16.7. The van der Waals surface area contributed by atoms with Crippen LogP contribution in [-0.4, -0.2) is 61.4 Å². The maximum Gasteiger partial charge on any atom is 0.341 e. The Morgan fingerprint density at radius 3 is 3.09 bits per heavy atom. The van der Waals surface area contributed by atoms with Gasteiger partial charge in [0.2, 0.25) is 5.88 Å². The van der Waals surface area contributed by atoms with E-state index in [1.54, 1.807) is 6.20 Å². The first kappa shape index (κ1) is 16.5. The van der Waals surface area contributed by atoms with Gasteiger partial charge in [-0.05, 0) is 38.6 Å². The van der Waals surface area contributed by atoms with E-state index >= 15 is 0 Å². The highest BCUT2D eigenvalue weighted by Crippen LogP contribution is 2.10. The average molecular weight is 308 g/mol. The molecule has 2 amide bonds. The summed E-state index contributed by atoms with van der Waals surface area (Å²) in [5.74, 6) is 0.572. The summed E-state index contributed by atoms with van der Waals surface area (Å²) in [6, 6.07) is 3.50. The molecule has 7 nitrogen and oxygen atoms in total. The van der Waals surface area contributed by atoms with Crippen LogP contribution in [0, 0.1) is 0 Å². The molecule has 1 aromatic heterocycles. The zero-order chi connectivity index (χ0) is 15.8. The van der Waals surface area contributed by atoms with Crippen molar-refractivity contribution in [1.29, 1.82) is 0 Å². The molecule has 22 heavy (non-hydrogen) atoms. The predicted octanol–water partition coefficient (Wildman–Crippen LogP) is 1.26. The molecular weight excluding hydrogens is 284 g/mol. The van der Waals surface area contributed by atoms with Crippen LogP contribution in [0.5, 0.6) is 5.88 Å². The first-order valence-electron chi connectivity index (χ1n) is 7.56. The monoisotopic (exact) mass is 308 g/mol. The summed E-state index contributed by atoms with van der Waals surface area (Å²) < 4.78 is 5.58. The Labute approximate surface area is 131 Å². The molecule has 122 valence electrons. The number of carbonyl (C=O) groups is 1. The molecule has 1 saturated heterocycles. The van der Waals surface area contributed by atoms with Gasteiger partial charge in [0, 0.05) is 25.4 Å². The molecule has 7 heteroatoms. The topological polar surface area (TPSA) is 66.9 Å². The average Bonchev–Trinajstić information content (AvgIpc) is 2.53. The lowest BCUT2D eigenvalue weighted by Gasteiger charge is -2.25. The summed E-state index contributed by atoms with van der Waals surface area (Å²) in [4.78, 5) is 23.5. The Balaban J connectivity index is 1.78. The lowest BCUT2D eigenvalue weighted by molar-refractivity contribution is -0.139. The lowest BCUT2D eigenvalue weighted by Crippen LogP contribution is -2.42. The number of pyridine rings is 1. The van der Waals surface area contributed by atoms with Gasteiger partial charge < -0.3 is 15.0 Å². The predicted molar refractivity (Wildman–Crippen MR) is 82.4 cm³/mol. The number of likely N-dealkylation sites (N-methyl/N-ethyl adjacent to an activating group) is 1. The number of urea groups is 1. The number of hydrogen-bond acceptors (Lipinski definition) is 5. The van der Waals surface area contributed by atoms with Crippen molar-refractivity contribution >= 4 is 6.03 Å². The van der Waals surface area contributed by atoms with Crippen LogP contribution in [0.2, 0.25) is 0 Å². The number of nitrogens with zero attached hydrogens (tertiary/aromatic N) is 3. The van der Waals surface area contributed by atoms with Crippen molar-refractivity contribution in [2.24, 2.45) is 0 Å². The standard InChI is InChI=1S/C15H24N4O3/c1-18(2)8-10-21-14-11-13(5-6-16-14)12-17-15(20)19-7-3-4-9-22-19/h5-6,11H,3-4,7-10,12H2,1-2H3,(H,17,20). The van der Waals surface area contributed by atoms with E-state index in [1.807, 2.05) is 31.1 Å². The maximum absolute atomic E-state index is 11.9. The number of ether oxygens (including phenoxy) is 1. The first-order chi connectivity index (χ1) is 10.6. The van der Waals surface area contributed by atoms with Crippen molar-refractivity contribution in [3.8, 4) is 5.88 Å². The van der Waals surface area contributed by atoms with E-state index in [1.165, 1.54) is 5.06 Å². The summed E-state index contributed by atoms with van der Waals surface area (Å²) in [5, 5.41) is 4.23. The lowest BCUT2D eigenvalue weighted by atomic mass is 10.2. The minimum atomic E-state index is -0.202. The van der Waals surface area contributed by atoms with Gasteiger partial charge in [0.15, 0.2) is 0 Å². The third kappa shape index (κ3) is 5.50. The van der Waals surface area contributed by atoms with E-state index in [0.717, 1.165) is 24.9 Å². The van der Waals surface area contributed by atoms with Crippen molar-refractivity contribution in [2.75, 3.05) is 40.4 Å². The first-order valence-corrected chi connectivity index (χ1v) is 7.56. The van der Waals surface area contributed by atoms with Crippen molar-refractivity contribution in [2.45, 2.75) is 19.4 Å². The number of rotatable bonds is 6. The molecule has 0 bridgehead atoms. The van der Waals surface area contributed by atoms with Gasteiger partial charge in [-0.2, -0.15) is 0 Å². The molecule has 1 N–H and O–H groups in total. The van der Waals surface area contributed by atoms with Gasteiger partial charge in [-0.3, -0.25) is 4.84 Å². The molecule has 2 heterocycles. The second kappa shape index (κ2) is 8.55. The number of hydroxylamine groups is 2. The largest absolute Gasteiger partial charge is 0.476 e. The fourth-order valence-corrected chi connectivity index (χ4v) is 1.99. The van der Waals surface area contributed by atoms with E-state index in [2.05, 4.69) is 10.3 Å². The van der Waals surface area contributed by atoms with E-state index in [0.29, 0.717) is 32.2 Å². The van der Waals surface area contributed by atoms with Crippen LogP contribution in [0.25, 0.3) is 0 Å². The number of carbonyl (C=O) groups excluding carboxylic acids is 1. The van der Waals surface area contributed by atoms with E-state index < -0.39 is 0 Å². The SMILES string of the molecule is CN(C)CCOc1cc(CNC(=O)N2CCCCO2)ccn1. The number of aromatic nitrogens is 1. The Kier molecular flexibility index (Phi) is 6.42. The van der Waals surface area contributed by atoms with Crippen molar-refractivity contribution < 1.29 is 14.4 Å². The molecule has 2 rings (SSSR count). The molecular formula is C15H24N4O3. The van der Waals surface area contributed by atoms with Gasteiger partial charge in [-0.15, -0.1) is 0 Å². The molecule has 0 aliphatic carbocycles. The fraction of sp³-hybridized carbons (Fsp3) is 0.600. The summed E-state index contributed by atoms with van der Waals surface area (Å²) in [5.41, 5.74) is 0.945. The summed E-state index contributed by atoms with van der Waals surface area (Å²) >= 11 is 0. The highest BCUT2D eigenvalue weighted by molar-refractivity contribution is 5.73. The van der Waals surface area contributed by atoms with E-state index in [9.17, 15) is 4.79 Å². The molecule has 1 aliphatic rings. The van der Waals surface area contributed by atoms with Crippen molar-refractivity contribution in [3.05, 3.63) is 23.9 Å². The molecule has 0 radical (unpaired) electrons. The van der Waals surface area contributed by atoms with Gasteiger partial charge in [0.1, 0.15) is 6.61 Å². The Hall–Kier alpha value is -1.86. The highest BCUT2D eigenvalue weighted by Gasteiger charge is 2.17. The van der Waals surface area contributed by atoms with Crippen LogP contribution in [0.1, 0.15) is 18.4 Å². The summed E-state index contributed by atoms with van der Waals surface area (Å²) in [7, 11) is 3.98. The molecule has 0 atom stereocenters. The van der Waals surface area contributed by atoms with Gasteiger partial charge >= 0.3 is 6.03 Å². The van der Waals surface area contributed by atoms with Crippen LogP contribution in [0.3, 0.4) is 0 Å². The summed E-state index contributed by atoms with van der Waals surface area (Å²) in [6.45, 7) is 3.07. The van der Waals surface area contributed by atoms with Crippen LogP contribution >= 0.6 is 0 Å². The smallest absolute Gasteiger partial charge is 0.341 e. The molecule has 1 fully saturated rings. The molecule has 0 saturated carbocycles. The van der Waals surface area contributed by atoms with Crippen molar-refractivity contribution in [3.63, 3.8) is 0 Å². The molecule has 0 unspecified atom stereocenters. The van der Waals surface area contributed by atoms with Crippen LogP contribution in [0.4, 0.5) is 4.79 Å². The van der Waals surface area contributed by atoms with Gasteiger partial charge in [-0.25, -0.2) is 14.8 Å². The normalized spacial score (nSPS) is 15.0. The Bertz CT molecular complexity index is 476.